The summed E-state index contributed by atoms with van der Waals surface area (Å²) >= 11 is 3.15. The highest BCUT2D eigenvalue weighted by atomic mass is 79.9. The summed E-state index contributed by atoms with van der Waals surface area (Å²) in [6.07, 6.45) is 6.03. The molecule has 3 heteroatoms. The fourth-order valence-electron chi connectivity index (χ4n) is 0.268. The van der Waals surface area contributed by atoms with Gasteiger partial charge in [-0.1, -0.05) is 34.2 Å². The molecule has 0 aliphatic rings. The molecule has 50 valence electrons. The molecule has 1 N–H and O–H groups in total. The summed E-state index contributed by atoms with van der Waals surface area (Å²) in [4.78, 5) is 9.83. The van der Waals surface area contributed by atoms with Gasteiger partial charge in [-0.25, -0.2) is 4.79 Å². The number of carbonyl (C=O) groups is 1. The molecule has 0 rings (SSSR count). The Morgan fingerprint density at radius 3 is 2.67 bits per heavy atom. The van der Waals surface area contributed by atoms with Gasteiger partial charge in [-0.05, 0) is 0 Å². The van der Waals surface area contributed by atoms with Crippen LogP contribution in [0.25, 0.3) is 0 Å². The summed E-state index contributed by atoms with van der Waals surface area (Å²) < 4.78 is 0. The topological polar surface area (TPSA) is 37.3 Å². The lowest BCUT2D eigenvalue weighted by Gasteiger charge is -1.74. The van der Waals surface area contributed by atoms with Crippen LogP contribution in [0.4, 0.5) is 0 Å². The molecule has 2 nitrogen and oxygen atoms in total. The first-order valence-electron chi connectivity index (χ1n) is 2.39. The van der Waals surface area contributed by atoms with Gasteiger partial charge in [0.15, 0.2) is 0 Å². The van der Waals surface area contributed by atoms with Gasteiger partial charge >= 0.3 is 5.97 Å². The fraction of sp³-hybridized carbons (Fsp3) is 0.167. The van der Waals surface area contributed by atoms with Crippen LogP contribution in [0.1, 0.15) is 0 Å². The molecule has 0 aliphatic heterocycles. The van der Waals surface area contributed by atoms with Gasteiger partial charge in [0.05, 0.1) is 0 Å². The maximum absolute atomic E-state index is 9.83. The molecule has 0 aromatic rings. The van der Waals surface area contributed by atoms with E-state index in [1.54, 1.807) is 12.2 Å². The standard InChI is InChI=1S/C6H7BrO2/c7-5-3-1-2-4-6(8)9/h1-4H,5H2,(H,8,9). The average Bonchev–Trinajstić information content (AvgIpc) is 1.80. The smallest absolute Gasteiger partial charge is 0.328 e. The minimum atomic E-state index is -0.922. The molecule has 0 spiro atoms. The number of aliphatic carboxylic acids is 1. The highest BCUT2D eigenvalue weighted by Gasteiger charge is 1.79. The third-order valence-corrected chi connectivity index (χ3v) is 0.949. The monoisotopic (exact) mass is 190 g/mol. The molecule has 0 radical (unpaired) electrons. The van der Waals surface area contributed by atoms with Crippen molar-refractivity contribution in [3.8, 4) is 0 Å². The summed E-state index contributed by atoms with van der Waals surface area (Å²) in [5, 5.41) is 8.83. The van der Waals surface area contributed by atoms with Gasteiger partial charge in [-0.15, -0.1) is 0 Å². The quantitative estimate of drug-likeness (QED) is 0.417. The maximum Gasteiger partial charge on any atom is 0.328 e. The van der Waals surface area contributed by atoms with Crippen LogP contribution in [0.5, 0.6) is 0 Å². The maximum atomic E-state index is 9.83. The summed E-state index contributed by atoms with van der Waals surface area (Å²) in [6, 6.07) is 0. The normalized spacial score (nSPS) is 11.2. The number of alkyl halides is 1. The largest absolute Gasteiger partial charge is 0.478 e. The number of hydrogen-bond donors (Lipinski definition) is 1. The van der Waals surface area contributed by atoms with E-state index in [9.17, 15) is 4.79 Å². The second-order valence-electron chi connectivity index (χ2n) is 1.28. The molecule has 0 saturated carbocycles. The zero-order valence-electron chi connectivity index (χ0n) is 4.75. The van der Waals surface area contributed by atoms with Crippen LogP contribution >= 0.6 is 15.9 Å². The van der Waals surface area contributed by atoms with E-state index >= 15 is 0 Å². The average molecular weight is 191 g/mol. The van der Waals surface area contributed by atoms with E-state index in [1.165, 1.54) is 6.08 Å². The van der Waals surface area contributed by atoms with E-state index < -0.39 is 5.97 Å². The van der Waals surface area contributed by atoms with Crippen LogP contribution in [0.2, 0.25) is 0 Å². The first-order valence-corrected chi connectivity index (χ1v) is 3.51. The SMILES string of the molecule is O=C(O)C=CC=CCBr. The van der Waals surface area contributed by atoms with Crippen molar-refractivity contribution in [2.75, 3.05) is 5.33 Å². The van der Waals surface area contributed by atoms with Crippen LogP contribution in [0.15, 0.2) is 24.3 Å². The third kappa shape index (κ3) is 7.43. The van der Waals surface area contributed by atoms with Crippen LogP contribution in [-0.4, -0.2) is 16.4 Å². The molecule has 0 aromatic heterocycles. The molecule has 0 aliphatic carbocycles. The summed E-state index contributed by atoms with van der Waals surface area (Å²) in [7, 11) is 0. The second-order valence-corrected chi connectivity index (χ2v) is 1.93. The van der Waals surface area contributed by atoms with Gasteiger partial charge in [-0.3, -0.25) is 0 Å². The Balaban J connectivity index is 3.47. The van der Waals surface area contributed by atoms with Gasteiger partial charge in [0.2, 0.25) is 0 Å². The lowest BCUT2D eigenvalue weighted by atomic mass is 10.4. The third-order valence-electron chi connectivity index (χ3n) is 0.575. The first kappa shape index (κ1) is 8.43. The number of carboxylic acids is 1. The van der Waals surface area contributed by atoms with Crippen molar-refractivity contribution in [3.05, 3.63) is 24.3 Å². The molecule has 0 fully saturated rings. The zero-order chi connectivity index (χ0) is 7.11. The lowest BCUT2D eigenvalue weighted by Crippen LogP contribution is -1.84. The van der Waals surface area contributed by atoms with Gasteiger partial charge in [0.25, 0.3) is 0 Å². The summed E-state index contributed by atoms with van der Waals surface area (Å²) in [5.74, 6) is -0.922. The van der Waals surface area contributed by atoms with Gasteiger partial charge in [-0.2, -0.15) is 0 Å². The van der Waals surface area contributed by atoms with E-state index in [4.69, 9.17) is 5.11 Å². The predicted octanol–water partition coefficient (Wildman–Crippen LogP) is 1.58. The number of halogens is 1. The molecule has 0 aromatic carbocycles. The van der Waals surface area contributed by atoms with Crippen molar-refractivity contribution >= 4 is 21.9 Å². The van der Waals surface area contributed by atoms with E-state index in [2.05, 4.69) is 15.9 Å². The van der Waals surface area contributed by atoms with E-state index in [1.807, 2.05) is 0 Å². The Bertz CT molecular complexity index is 138. The van der Waals surface area contributed by atoms with Gasteiger partial charge < -0.3 is 5.11 Å². The minimum Gasteiger partial charge on any atom is -0.478 e. The van der Waals surface area contributed by atoms with Crippen molar-refractivity contribution in [1.82, 2.24) is 0 Å². The number of rotatable bonds is 3. The Labute approximate surface area is 62.0 Å². The molecule has 0 atom stereocenters. The number of carboxylic acid groups (broad SMARTS) is 1. The van der Waals surface area contributed by atoms with Gasteiger partial charge in [0.1, 0.15) is 0 Å². The van der Waals surface area contributed by atoms with Crippen LogP contribution in [0, 0.1) is 0 Å². The van der Waals surface area contributed by atoms with E-state index in [0.717, 1.165) is 11.4 Å². The van der Waals surface area contributed by atoms with Crippen molar-refractivity contribution in [2.45, 2.75) is 0 Å². The fourth-order valence-corrected chi connectivity index (χ4v) is 0.484. The molecule has 0 heterocycles. The number of allylic oxidation sites excluding steroid dienone is 3. The highest BCUT2D eigenvalue weighted by molar-refractivity contribution is 9.09. The molecular weight excluding hydrogens is 184 g/mol. The van der Waals surface area contributed by atoms with E-state index in [0.29, 0.717) is 0 Å². The Morgan fingerprint density at radius 1 is 1.56 bits per heavy atom. The highest BCUT2D eigenvalue weighted by Crippen LogP contribution is 1.82. The summed E-state index contributed by atoms with van der Waals surface area (Å²) in [6.45, 7) is 0. The predicted molar refractivity (Wildman–Crippen MR) is 39.7 cm³/mol. The summed E-state index contributed by atoms with van der Waals surface area (Å²) in [5.41, 5.74) is 0. The van der Waals surface area contributed by atoms with Crippen LogP contribution in [0.3, 0.4) is 0 Å². The Hall–Kier alpha value is -0.570. The van der Waals surface area contributed by atoms with Crippen molar-refractivity contribution in [2.24, 2.45) is 0 Å². The van der Waals surface area contributed by atoms with Crippen LogP contribution in [-0.2, 0) is 4.79 Å². The van der Waals surface area contributed by atoms with Crippen LogP contribution < -0.4 is 0 Å². The van der Waals surface area contributed by atoms with Crippen molar-refractivity contribution < 1.29 is 9.90 Å². The Kier molecular flexibility index (Phi) is 5.21. The zero-order valence-corrected chi connectivity index (χ0v) is 6.34. The minimum absolute atomic E-state index is 0.747. The molecular formula is C6H7BrO2. The van der Waals surface area contributed by atoms with Crippen molar-refractivity contribution in [3.63, 3.8) is 0 Å². The molecule has 0 unspecified atom stereocenters. The molecule has 9 heavy (non-hydrogen) atoms. The Morgan fingerprint density at radius 2 is 2.22 bits per heavy atom. The van der Waals surface area contributed by atoms with Gasteiger partial charge in [0, 0.05) is 11.4 Å². The molecule has 0 bridgehead atoms. The molecule has 0 amide bonds. The molecule has 0 saturated heterocycles. The van der Waals surface area contributed by atoms with E-state index in [-0.39, 0.29) is 0 Å². The second kappa shape index (κ2) is 5.56. The number of hydrogen-bond acceptors (Lipinski definition) is 1. The lowest BCUT2D eigenvalue weighted by molar-refractivity contribution is -0.131. The first-order chi connectivity index (χ1) is 4.27. The van der Waals surface area contributed by atoms with Crippen molar-refractivity contribution in [1.29, 1.82) is 0 Å².